The summed E-state index contributed by atoms with van der Waals surface area (Å²) in [5, 5.41) is 3.65. The molecule has 1 aromatic heterocycles. The van der Waals surface area contributed by atoms with Gasteiger partial charge in [-0.1, -0.05) is 50.8 Å². The van der Waals surface area contributed by atoms with Crippen molar-refractivity contribution in [2.75, 3.05) is 0 Å². The molecule has 16 heavy (non-hydrogen) atoms. The number of allylic oxidation sites excluding steroid dienone is 1. The maximum Gasteiger partial charge on any atom is 0.0464 e. The SMILES string of the molecule is C=C/C=c1/[nH]c2ccccc2/c1=C/C.CC. The second-order valence-corrected chi connectivity index (χ2v) is 3.19. The zero-order chi connectivity index (χ0) is 12.0. The second-order valence-electron chi connectivity index (χ2n) is 3.19. The number of rotatable bonds is 1. The first-order valence-corrected chi connectivity index (χ1v) is 5.72. The van der Waals surface area contributed by atoms with Gasteiger partial charge >= 0.3 is 0 Å². The molecule has 0 bridgehead atoms. The second kappa shape index (κ2) is 5.96. The van der Waals surface area contributed by atoms with Crippen LogP contribution in [0.2, 0.25) is 0 Å². The van der Waals surface area contributed by atoms with Crippen LogP contribution in [0.5, 0.6) is 0 Å². The van der Waals surface area contributed by atoms with Crippen molar-refractivity contribution in [3.8, 4) is 0 Å². The standard InChI is InChI=1S/C13H13N.C2H6/c1-3-7-12-10(4-2)11-8-5-6-9-13(11)14-12;1-2/h3-9,14H,1H2,2H3;1-2H3/b10-4-,12-7+;. The number of hydrogen-bond acceptors (Lipinski definition) is 0. The molecule has 0 radical (unpaired) electrons. The molecule has 1 heterocycles. The fourth-order valence-electron chi connectivity index (χ4n) is 1.74. The number of para-hydroxylation sites is 1. The molecule has 0 spiro atoms. The van der Waals surface area contributed by atoms with Crippen LogP contribution in [0.1, 0.15) is 20.8 Å². The number of benzene rings is 1. The van der Waals surface area contributed by atoms with Crippen LogP contribution in [-0.4, -0.2) is 4.98 Å². The summed E-state index contributed by atoms with van der Waals surface area (Å²) in [7, 11) is 0. The van der Waals surface area contributed by atoms with Gasteiger partial charge in [-0.2, -0.15) is 0 Å². The number of H-pyrrole nitrogens is 1. The molecule has 0 aliphatic heterocycles. The number of fused-ring (bicyclic) bond motifs is 1. The summed E-state index contributed by atoms with van der Waals surface area (Å²) in [6, 6.07) is 8.31. The Hall–Kier alpha value is -1.76. The maximum atomic E-state index is 3.71. The van der Waals surface area contributed by atoms with Crippen molar-refractivity contribution in [3.63, 3.8) is 0 Å². The minimum absolute atomic E-state index is 1.13. The predicted molar refractivity (Wildman–Crippen MR) is 73.7 cm³/mol. The Labute approximate surface area is 96.8 Å². The van der Waals surface area contributed by atoms with Crippen LogP contribution in [-0.2, 0) is 0 Å². The van der Waals surface area contributed by atoms with E-state index >= 15 is 0 Å². The summed E-state index contributed by atoms with van der Waals surface area (Å²) < 4.78 is 0. The summed E-state index contributed by atoms with van der Waals surface area (Å²) in [4.78, 5) is 3.36. The highest BCUT2D eigenvalue weighted by molar-refractivity contribution is 5.81. The topological polar surface area (TPSA) is 15.8 Å². The molecule has 1 heteroatoms. The van der Waals surface area contributed by atoms with Gasteiger partial charge in [0.2, 0.25) is 0 Å². The molecular weight excluding hydrogens is 194 g/mol. The first-order valence-electron chi connectivity index (χ1n) is 5.72. The molecule has 1 N–H and O–H groups in total. The molecule has 0 unspecified atom stereocenters. The Morgan fingerprint density at radius 2 is 1.88 bits per heavy atom. The fourth-order valence-corrected chi connectivity index (χ4v) is 1.74. The number of aromatic amines is 1. The Morgan fingerprint density at radius 1 is 1.19 bits per heavy atom. The number of aromatic nitrogens is 1. The molecule has 84 valence electrons. The molecule has 0 aliphatic rings. The van der Waals surface area contributed by atoms with Gasteiger partial charge in [-0.05, 0) is 19.1 Å². The lowest BCUT2D eigenvalue weighted by Crippen LogP contribution is -2.21. The summed E-state index contributed by atoms with van der Waals surface area (Å²) in [5.41, 5.74) is 1.17. The Balaban J connectivity index is 0.000000606. The third-order valence-corrected chi connectivity index (χ3v) is 2.35. The van der Waals surface area contributed by atoms with Gasteiger partial charge in [0.05, 0.1) is 0 Å². The lowest BCUT2D eigenvalue weighted by atomic mass is 10.2. The molecule has 0 atom stereocenters. The van der Waals surface area contributed by atoms with Crippen molar-refractivity contribution in [3.05, 3.63) is 47.5 Å². The molecule has 0 amide bonds. The molecule has 1 aromatic carbocycles. The van der Waals surface area contributed by atoms with E-state index in [1.807, 2.05) is 26.0 Å². The zero-order valence-electron chi connectivity index (χ0n) is 10.2. The van der Waals surface area contributed by atoms with E-state index in [1.165, 1.54) is 16.1 Å². The van der Waals surface area contributed by atoms with E-state index < -0.39 is 0 Å². The quantitative estimate of drug-likeness (QED) is 0.749. The van der Waals surface area contributed by atoms with E-state index in [1.54, 1.807) is 6.08 Å². The number of hydrogen-bond donors (Lipinski definition) is 1. The highest BCUT2D eigenvalue weighted by atomic mass is 14.7. The van der Waals surface area contributed by atoms with E-state index in [9.17, 15) is 0 Å². The highest BCUT2D eigenvalue weighted by Gasteiger charge is 1.96. The van der Waals surface area contributed by atoms with Crippen LogP contribution >= 0.6 is 0 Å². The smallest absolute Gasteiger partial charge is 0.0464 e. The molecule has 0 fully saturated rings. The van der Waals surface area contributed by atoms with Gasteiger partial charge in [0.15, 0.2) is 0 Å². The largest absolute Gasteiger partial charge is 0.355 e. The summed E-state index contributed by atoms with van der Waals surface area (Å²) >= 11 is 0. The van der Waals surface area contributed by atoms with Crippen LogP contribution in [0, 0.1) is 0 Å². The van der Waals surface area contributed by atoms with Gasteiger partial charge in [-0.15, -0.1) is 0 Å². The van der Waals surface area contributed by atoms with E-state index in [2.05, 4.69) is 42.8 Å². The van der Waals surface area contributed by atoms with E-state index in [0.717, 1.165) is 5.35 Å². The van der Waals surface area contributed by atoms with Crippen molar-refractivity contribution in [2.24, 2.45) is 0 Å². The van der Waals surface area contributed by atoms with Crippen LogP contribution in [0.4, 0.5) is 0 Å². The molecule has 0 saturated carbocycles. The maximum absolute atomic E-state index is 3.71. The lowest BCUT2D eigenvalue weighted by molar-refractivity contribution is 1.36. The van der Waals surface area contributed by atoms with Crippen molar-refractivity contribution in [1.29, 1.82) is 0 Å². The Morgan fingerprint density at radius 3 is 2.50 bits per heavy atom. The van der Waals surface area contributed by atoms with Gasteiger partial charge in [-0.25, -0.2) is 0 Å². The van der Waals surface area contributed by atoms with Crippen molar-refractivity contribution < 1.29 is 0 Å². The number of nitrogens with one attached hydrogen (secondary N) is 1. The third-order valence-electron chi connectivity index (χ3n) is 2.35. The molecule has 1 nitrogen and oxygen atoms in total. The Kier molecular flexibility index (Phi) is 4.59. The molecular formula is C15H19N. The first kappa shape index (κ1) is 12.3. The summed E-state index contributed by atoms with van der Waals surface area (Å²) in [6.45, 7) is 9.76. The highest BCUT2D eigenvalue weighted by Crippen LogP contribution is 2.03. The average molecular weight is 213 g/mol. The van der Waals surface area contributed by atoms with Crippen LogP contribution in [0.25, 0.3) is 23.1 Å². The van der Waals surface area contributed by atoms with E-state index in [0.29, 0.717) is 0 Å². The van der Waals surface area contributed by atoms with Gasteiger partial charge < -0.3 is 4.98 Å². The van der Waals surface area contributed by atoms with Gasteiger partial charge in [0.1, 0.15) is 0 Å². The van der Waals surface area contributed by atoms with Gasteiger partial charge in [0, 0.05) is 21.5 Å². The van der Waals surface area contributed by atoms with E-state index in [4.69, 9.17) is 0 Å². The summed E-state index contributed by atoms with van der Waals surface area (Å²) in [6.07, 6.45) is 5.92. The monoisotopic (exact) mass is 213 g/mol. The zero-order valence-corrected chi connectivity index (χ0v) is 10.2. The van der Waals surface area contributed by atoms with Crippen LogP contribution in [0.3, 0.4) is 0 Å². The fraction of sp³-hybridized carbons (Fsp3) is 0.200. The predicted octanol–water partition coefficient (Wildman–Crippen LogP) is 2.96. The normalized spacial score (nSPS) is 12.4. The Bertz CT molecular complexity index is 573. The average Bonchev–Trinajstić information content (AvgIpc) is 2.69. The van der Waals surface area contributed by atoms with Crippen molar-refractivity contribution in [2.45, 2.75) is 20.8 Å². The third kappa shape index (κ3) is 2.25. The van der Waals surface area contributed by atoms with E-state index in [-0.39, 0.29) is 0 Å². The van der Waals surface area contributed by atoms with Crippen molar-refractivity contribution in [1.82, 2.24) is 4.98 Å². The minimum Gasteiger partial charge on any atom is -0.355 e. The molecule has 2 rings (SSSR count). The van der Waals surface area contributed by atoms with Crippen molar-refractivity contribution >= 4 is 23.1 Å². The van der Waals surface area contributed by atoms with Gasteiger partial charge in [-0.3, -0.25) is 0 Å². The van der Waals surface area contributed by atoms with Gasteiger partial charge in [0.25, 0.3) is 0 Å². The first-order chi connectivity index (χ1) is 7.86. The van der Waals surface area contributed by atoms with Crippen LogP contribution in [0.15, 0.2) is 36.9 Å². The minimum atomic E-state index is 1.13. The lowest BCUT2D eigenvalue weighted by Gasteiger charge is -1.85. The molecule has 0 aliphatic carbocycles. The summed E-state index contributed by atoms with van der Waals surface area (Å²) in [5.74, 6) is 0. The molecule has 2 aromatic rings. The van der Waals surface area contributed by atoms with Crippen LogP contribution < -0.4 is 10.6 Å². The molecule has 0 saturated heterocycles.